The molecular formula is C8H16N2O. The second kappa shape index (κ2) is 2.48. The Balaban J connectivity index is 2.56. The summed E-state index contributed by atoms with van der Waals surface area (Å²) in [5, 5.41) is 3.13. The number of likely N-dealkylation sites (N-methyl/N-ethyl adjacent to an activating group) is 1. The lowest BCUT2D eigenvalue weighted by Crippen LogP contribution is -2.65. The van der Waals surface area contributed by atoms with Crippen LogP contribution < -0.4 is 5.32 Å². The molecule has 3 nitrogen and oxygen atoms in total. The maximum Gasteiger partial charge on any atom is 0.239 e. The van der Waals surface area contributed by atoms with Crippen LogP contribution in [0.15, 0.2) is 0 Å². The summed E-state index contributed by atoms with van der Waals surface area (Å²) >= 11 is 0. The van der Waals surface area contributed by atoms with Gasteiger partial charge in [-0.1, -0.05) is 13.8 Å². The van der Waals surface area contributed by atoms with Gasteiger partial charge in [-0.25, -0.2) is 0 Å². The van der Waals surface area contributed by atoms with Crippen molar-refractivity contribution < 1.29 is 4.79 Å². The highest BCUT2D eigenvalue weighted by Crippen LogP contribution is 2.28. The Morgan fingerprint density at radius 1 is 1.55 bits per heavy atom. The minimum Gasteiger partial charge on any atom is -0.347 e. The normalized spacial score (nSPS) is 27.5. The van der Waals surface area contributed by atoms with Crippen LogP contribution in [-0.4, -0.2) is 37.5 Å². The zero-order chi connectivity index (χ0) is 8.65. The van der Waals surface area contributed by atoms with Crippen molar-refractivity contribution >= 4 is 5.91 Å². The topological polar surface area (TPSA) is 32.3 Å². The number of nitrogens with one attached hydrogen (secondary N) is 1. The fourth-order valence-electron chi connectivity index (χ4n) is 1.29. The summed E-state index contributed by atoms with van der Waals surface area (Å²) in [5.41, 5.74) is 0.140. The second-order valence-electron chi connectivity index (χ2n) is 4.04. The molecule has 0 aromatic rings. The van der Waals surface area contributed by atoms with Crippen molar-refractivity contribution in [2.24, 2.45) is 5.41 Å². The molecule has 0 aromatic carbocycles. The van der Waals surface area contributed by atoms with Crippen molar-refractivity contribution in [3.8, 4) is 0 Å². The minimum atomic E-state index is 0.0255. The van der Waals surface area contributed by atoms with Crippen LogP contribution in [0.1, 0.15) is 13.8 Å². The van der Waals surface area contributed by atoms with E-state index in [0.717, 1.165) is 6.54 Å². The summed E-state index contributed by atoms with van der Waals surface area (Å²) in [4.78, 5) is 13.0. The molecule has 1 saturated heterocycles. The van der Waals surface area contributed by atoms with E-state index in [0.29, 0.717) is 0 Å². The Morgan fingerprint density at radius 3 is 2.18 bits per heavy atom. The molecule has 0 bridgehead atoms. The van der Waals surface area contributed by atoms with E-state index in [4.69, 9.17) is 0 Å². The maximum atomic E-state index is 11.4. The predicted molar refractivity (Wildman–Crippen MR) is 44.3 cm³/mol. The van der Waals surface area contributed by atoms with Gasteiger partial charge in [-0.2, -0.15) is 0 Å². The average Bonchev–Trinajstić information content (AvgIpc) is 1.85. The van der Waals surface area contributed by atoms with Crippen molar-refractivity contribution in [1.82, 2.24) is 10.2 Å². The van der Waals surface area contributed by atoms with Gasteiger partial charge in [0.15, 0.2) is 0 Å². The zero-order valence-electron chi connectivity index (χ0n) is 7.64. The number of rotatable bonds is 1. The molecule has 11 heavy (non-hydrogen) atoms. The summed E-state index contributed by atoms with van der Waals surface area (Å²) in [6, 6.07) is 0.0255. The third-order valence-corrected chi connectivity index (χ3v) is 2.23. The molecule has 1 heterocycles. The first kappa shape index (κ1) is 8.53. The highest BCUT2D eigenvalue weighted by atomic mass is 16.2. The van der Waals surface area contributed by atoms with Gasteiger partial charge < -0.3 is 10.2 Å². The van der Waals surface area contributed by atoms with Gasteiger partial charge in [-0.3, -0.25) is 4.79 Å². The highest BCUT2D eigenvalue weighted by Gasteiger charge is 2.43. The fraction of sp³-hybridized carbons (Fsp3) is 0.875. The van der Waals surface area contributed by atoms with Gasteiger partial charge in [0.2, 0.25) is 5.91 Å². The van der Waals surface area contributed by atoms with E-state index in [1.807, 2.05) is 0 Å². The quantitative estimate of drug-likeness (QED) is 0.583. The second-order valence-corrected chi connectivity index (χ2v) is 4.04. The van der Waals surface area contributed by atoms with Crippen LogP contribution in [0.4, 0.5) is 0 Å². The molecule has 0 spiro atoms. The van der Waals surface area contributed by atoms with Gasteiger partial charge in [0.1, 0.15) is 0 Å². The SMILES string of the molecule is CN(C)C(=O)C1NCC1(C)C. The molecule has 1 atom stereocenters. The molecule has 1 fully saturated rings. The van der Waals surface area contributed by atoms with E-state index in [9.17, 15) is 4.79 Å². The van der Waals surface area contributed by atoms with Gasteiger partial charge >= 0.3 is 0 Å². The van der Waals surface area contributed by atoms with Crippen LogP contribution in [0, 0.1) is 5.41 Å². The zero-order valence-corrected chi connectivity index (χ0v) is 7.64. The van der Waals surface area contributed by atoms with Crippen LogP contribution in [0.3, 0.4) is 0 Å². The third kappa shape index (κ3) is 1.38. The number of carbonyl (C=O) groups excluding carboxylic acids is 1. The lowest BCUT2D eigenvalue weighted by Gasteiger charge is -2.45. The Labute approximate surface area is 67.8 Å². The Hall–Kier alpha value is -0.570. The van der Waals surface area contributed by atoms with Crippen LogP contribution in [0.25, 0.3) is 0 Å². The van der Waals surface area contributed by atoms with Crippen molar-refractivity contribution in [2.45, 2.75) is 19.9 Å². The van der Waals surface area contributed by atoms with E-state index in [2.05, 4.69) is 19.2 Å². The molecule has 0 aromatic heterocycles. The predicted octanol–water partition coefficient (Wildman–Crippen LogP) is 0.0726. The smallest absolute Gasteiger partial charge is 0.239 e. The molecule has 0 radical (unpaired) electrons. The maximum absolute atomic E-state index is 11.4. The molecular weight excluding hydrogens is 140 g/mol. The van der Waals surface area contributed by atoms with E-state index in [1.165, 1.54) is 0 Å². The number of amides is 1. The number of hydrogen-bond acceptors (Lipinski definition) is 2. The van der Waals surface area contributed by atoms with E-state index < -0.39 is 0 Å². The molecule has 1 rings (SSSR count). The standard InChI is InChI=1S/C8H16N2O/c1-8(2)5-9-6(8)7(11)10(3)4/h6,9H,5H2,1-4H3. The van der Waals surface area contributed by atoms with Crippen LogP contribution >= 0.6 is 0 Å². The van der Waals surface area contributed by atoms with Crippen LogP contribution in [0.2, 0.25) is 0 Å². The van der Waals surface area contributed by atoms with Crippen LogP contribution in [-0.2, 0) is 4.79 Å². The Kier molecular flexibility index (Phi) is 1.92. The first-order valence-corrected chi connectivity index (χ1v) is 3.90. The first-order valence-electron chi connectivity index (χ1n) is 3.90. The number of nitrogens with zero attached hydrogens (tertiary/aromatic N) is 1. The molecule has 3 heteroatoms. The van der Waals surface area contributed by atoms with Crippen molar-refractivity contribution in [1.29, 1.82) is 0 Å². The average molecular weight is 156 g/mol. The highest BCUT2D eigenvalue weighted by molar-refractivity contribution is 5.83. The van der Waals surface area contributed by atoms with Gasteiger partial charge in [0.05, 0.1) is 6.04 Å². The minimum absolute atomic E-state index is 0.0255. The lowest BCUT2D eigenvalue weighted by atomic mass is 9.76. The summed E-state index contributed by atoms with van der Waals surface area (Å²) in [6.07, 6.45) is 0. The fourth-order valence-corrected chi connectivity index (χ4v) is 1.29. The van der Waals surface area contributed by atoms with E-state index in [-0.39, 0.29) is 17.4 Å². The Morgan fingerprint density at radius 2 is 2.09 bits per heavy atom. The Bertz CT molecular complexity index is 175. The van der Waals surface area contributed by atoms with Gasteiger partial charge in [-0.15, -0.1) is 0 Å². The lowest BCUT2D eigenvalue weighted by molar-refractivity contribution is -0.137. The van der Waals surface area contributed by atoms with Gasteiger partial charge in [-0.05, 0) is 0 Å². The molecule has 1 N–H and O–H groups in total. The monoisotopic (exact) mass is 156 g/mol. The summed E-state index contributed by atoms with van der Waals surface area (Å²) in [6.45, 7) is 5.16. The number of carbonyl (C=O) groups is 1. The molecule has 1 amide bonds. The van der Waals surface area contributed by atoms with E-state index in [1.54, 1.807) is 19.0 Å². The molecule has 0 saturated carbocycles. The van der Waals surface area contributed by atoms with Crippen molar-refractivity contribution in [2.75, 3.05) is 20.6 Å². The summed E-state index contributed by atoms with van der Waals surface area (Å²) in [7, 11) is 3.58. The van der Waals surface area contributed by atoms with Crippen LogP contribution in [0.5, 0.6) is 0 Å². The van der Waals surface area contributed by atoms with Gasteiger partial charge in [0, 0.05) is 26.1 Å². The molecule has 1 unspecified atom stereocenters. The van der Waals surface area contributed by atoms with E-state index >= 15 is 0 Å². The van der Waals surface area contributed by atoms with Gasteiger partial charge in [0.25, 0.3) is 0 Å². The van der Waals surface area contributed by atoms with Crippen molar-refractivity contribution in [3.05, 3.63) is 0 Å². The third-order valence-electron chi connectivity index (χ3n) is 2.23. The molecule has 64 valence electrons. The number of hydrogen-bond donors (Lipinski definition) is 1. The summed E-state index contributed by atoms with van der Waals surface area (Å²) in [5.74, 6) is 0.182. The first-order chi connectivity index (χ1) is 4.95. The molecule has 1 aliphatic heterocycles. The molecule has 1 aliphatic rings. The summed E-state index contributed by atoms with van der Waals surface area (Å²) < 4.78 is 0. The van der Waals surface area contributed by atoms with Crippen molar-refractivity contribution in [3.63, 3.8) is 0 Å². The largest absolute Gasteiger partial charge is 0.347 e. The molecule has 0 aliphatic carbocycles.